The van der Waals surface area contributed by atoms with E-state index in [2.05, 4.69) is 5.43 Å². The number of thiophene rings is 1. The Labute approximate surface area is 115 Å². The number of nitrogens with one attached hydrogen (secondary N) is 1. The number of hydrazine groups is 1. The highest BCUT2D eigenvalue weighted by atomic mass is 32.1. The highest BCUT2D eigenvalue weighted by Crippen LogP contribution is 2.44. The molecular formula is C13H19F3N2S. The van der Waals surface area contributed by atoms with Crippen LogP contribution in [0.15, 0.2) is 11.4 Å². The molecule has 0 amide bonds. The van der Waals surface area contributed by atoms with Gasteiger partial charge in [0, 0.05) is 4.88 Å². The van der Waals surface area contributed by atoms with Gasteiger partial charge < -0.3 is 0 Å². The van der Waals surface area contributed by atoms with Crippen LogP contribution in [-0.4, -0.2) is 6.18 Å². The Bertz CT molecular complexity index is 416. The second-order valence-electron chi connectivity index (χ2n) is 5.28. The van der Waals surface area contributed by atoms with Gasteiger partial charge in [0.25, 0.3) is 0 Å². The van der Waals surface area contributed by atoms with Crippen molar-refractivity contribution in [2.24, 2.45) is 17.7 Å². The van der Waals surface area contributed by atoms with Crippen LogP contribution in [0.2, 0.25) is 0 Å². The van der Waals surface area contributed by atoms with Gasteiger partial charge in [0.1, 0.15) is 0 Å². The molecule has 2 nitrogen and oxygen atoms in total. The summed E-state index contributed by atoms with van der Waals surface area (Å²) in [5.41, 5.74) is 3.83. The van der Waals surface area contributed by atoms with Gasteiger partial charge in [0.2, 0.25) is 0 Å². The molecule has 0 spiro atoms. The lowest BCUT2D eigenvalue weighted by molar-refractivity contribution is -0.186. The van der Waals surface area contributed by atoms with Gasteiger partial charge in [-0.25, -0.2) is 0 Å². The van der Waals surface area contributed by atoms with Gasteiger partial charge in [-0.3, -0.25) is 11.3 Å². The van der Waals surface area contributed by atoms with Crippen LogP contribution >= 0.6 is 11.3 Å². The number of alkyl halides is 3. The van der Waals surface area contributed by atoms with Gasteiger partial charge in [-0.05, 0) is 49.1 Å². The third kappa shape index (κ3) is 3.30. The van der Waals surface area contributed by atoms with E-state index in [1.165, 1.54) is 0 Å². The quantitative estimate of drug-likeness (QED) is 0.654. The summed E-state index contributed by atoms with van der Waals surface area (Å²) in [6.45, 7) is 1.97. The maximum atomic E-state index is 12.9. The van der Waals surface area contributed by atoms with E-state index in [-0.39, 0.29) is 24.8 Å². The lowest BCUT2D eigenvalue weighted by Crippen LogP contribution is -2.38. The number of aryl methyl sites for hydroxylation is 1. The summed E-state index contributed by atoms with van der Waals surface area (Å²) < 4.78 is 38.6. The van der Waals surface area contributed by atoms with E-state index in [1.807, 2.05) is 18.4 Å². The molecule has 3 atom stereocenters. The summed E-state index contributed by atoms with van der Waals surface area (Å²) in [7, 11) is 0. The van der Waals surface area contributed by atoms with Crippen molar-refractivity contribution in [1.29, 1.82) is 0 Å². The fraction of sp³-hybridized carbons (Fsp3) is 0.692. The fourth-order valence-corrected chi connectivity index (χ4v) is 4.04. The molecule has 19 heavy (non-hydrogen) atoms. The molecule has 0 aliphatic heterocycles. The predicted molar refractivity (Wildman–Crippen MR) is 70.6 cm³/mol. The van der Waals surface area contributed by atoms with Crippen LogP contribution in [0.4, 0.5) is 13.2 Å². The van der Waals surface area contributed by atoms with E-state index >= 15 is 0 Å². The molecule has 6 heteroatoms. The summed E-state index contributed by atoms with van der Waals surface area (Å²) in [5.74, 6) is 4.38. The largest absolute Gasteiger partial charge is 0.391 e. The smallest absolute Gasteiger partial charge is 0.271 e. The highest BCUT2D eigenvalue weighted by Gasteiger charge is 2.43. The van der Waals surface area contributed by atoms with Crippen LogP contribution in [0.25, 0.3) is 0 Å². The number of nitrogens with two attached hydrogens (primary N) is 1. The first kappa shape index (κ1) is 14.8. The maximum absolute atomic E-state index is 12.9. The Morgan fingerprint density at radius 2 is 2.16 bits per heavy atom. The Hall–Kier alpha value is -0.590. The van der Waals surface area contributed by atoms with Gasteiger partial charge in [0.05, 0.1) is 12.0 Å². The van der Waals surface area contributed by atoms with Crippen LogP contribution in [0.5, 0.6) is 0 Å². The number of halogens is 3. The maximum Gasteiger partial charge on any atom is 0.391 e. The number of hydrogen-bond acceptors (Lipinski definition) is 3. The van der Waals surface area contributed by atoms with Crippen molar-refractivity contribution < 1.29 is 13.2 Å². The molecule has 1 heterocycles. The van der Waals surface area contributed by atoms with E-state index in [0.29, 0.717) is 6.42 Å². The first-order valence-corrected chi connectivity index (χ1v) is 7.38. The van der Waals surface area contributed by atoms with E-state index in [9.17, 15) is 13.2 Å². The molecule has 0 saturated heterocycles. The first-order chi connectivity index (χ1) is 8.93. The van der Waals surface area contributed by atoms with Crippen molar-refractivity contribution in [1.82, 2.24) is 5.43 Å². The summed E-state index contributed by atoms with van der Waals surface area (Å²) >= 11 is 1.56. The van der Waals surface area contributed by atoms with E-state index in [0.717, 1.165) is 16.9 Å². The van der Waals surface area contributed by atoms with Crippen molar-refractivity contribution >= 4 is 11.3 Å². The number of rotatable bonds is 3. The summed E-state index contributed by atoms with van der Waals surface area (Å²) in [4.78, 5) is 1.07. The van der Waals surface area contributed by atoms with Crippen molar-refractivity contribution in [3.8, 4) is 0 Å². The second kappa shape index (κ2) is 5.81. The topological polar surface area (TPSA) is 38.0 Å². The van der Waals surface area contributed by atoms with Crippen molar-refractivity contribution in [2.75, 3.05) is 0 Å². The third-order valence-electron chi connectivity index (χ3n) is 4.01. The molecule has 1 aromatic heterocycles. The molecule has 1 fully saturated rings. The van der Waals surface area contributed by atoms with Crippen molar-refractivity contribution in [2.45, 2.75) is 44.8 Å². The lowest BCUT2D eigenvalue weighted by Gasteiger charge is -2.35. The van der Waals surface area contributed by atoms with Crippen molar-refractivity contribution in [3.63, 3.8) is 0 Å². The molecular weight excluding hydrogens is 273 g/mol. The van der Waals surface area contributed by atoms with Crippen LogP contribution in [0, 0.1) is 18.8 Å². The SMILES string of the molecule is Cc1ccsc1C(NN)C1CCCC(C(F)(F)F)C1. The van der Waals surface area contributed by atoms with E-state index in [1.54, 1.807) is 11.3 Å². The minimum atomic E-state index is -4.08. The molecule has 0 aromatic carbocycles. The molecule has 108 valence electrons. The molecule has 3 unspecified atom stereocenters. The summed E-state index contributed by atoms with van der Waals surface area (Å²) in [6, 6.07) is 1.82. The van der Waals surface area contributed by atoms with Crippen LogP contribution < -0.4 is 11.3 Å². The van der Waals surface area contributed by atoms with Crippen LogP contribution in [-0.2, 0) is 0 Å². The average molecular weight is 292 g/mol. The third-order valence-corrected chi connectivity index (χ3v) is 5.11. The highest BCUT2D eigenvalue weighted by molar-refractivity contribution is 7.10. The fourth-order valence-electron chi connectivity index (χ4n) is 2.96. The zero-order valence-corrected chi connectivity index (χ0v) is 11.7. The standard InChI is InChI=1S/C13H19F3N2S/c1-8-5-6-19-12(8)11(18-17)9-3-2-4-10(7-9)13(14,15)16/h5-6,9-11,18H,2-4,7,17H2,1H3. The Kier molecular flexibility index (Phi) is 4.53. The average Bonchev–Trinajstić information content (AvgIpc) is 2.76. The minimum absolute atomic E-state index is 0.0391. The van der Waals surface area contributed by atoms with Gasteiger partial charge in [-0.1, -0.05) is 6.42 Å². The van der Waals surface area contributed by atoms with Crippen LogP contribution in [0.3, 0.4) is 0 Å². The molecule has 0 bridgehead atoms. The second-order valence-corrected chi connectivity index (χ2v) is 6.23. The molecule has 2 rings (SSSR count). The Balaban J connectivity index is 2.13. The van der Waals surface area contributed by atoms with Gasteiger partial charge in [0.15, 0.2) is 0 Å². The Morgan fingerprint density at radius 3 is 2.68 bits per heavy atom. The van der Waals surface area contributed by atoms with Gasteiger partial charge in [-0.15, -0.1) is 11.3 Å². The molecule has 1 aliphatic rings. The molecule has 3 N–H and O–H groups in total. The normalized spacial score (nSPS) is 26.4. The predicted octanol–water partition coefficient (Wildman–Crippen LogP) is 3.93. The molecule has 0 radical (unpaired) electrons. The van der Waals surface area contributed by atoms with E-state index < -0.39 is 12.1 Å². The molecule has 1 aromatic rings. The zero-order chi connectivity index (χ0) is 14.0. The number of hydrogen-bond donors (Lipinski definition) is 2. The van der Waals surface area contributed by atoms with Crippen molar-refractivity contribution in [3.05, 3.63) is 21.9 Å². The van der Waals surface area contributed by atoms with Crippen LogP contribution in [0.1, 0.15) is 42.2 Å². The first-order valence-electron chi connectivity index (χ1n) is 6.50. The van der Waals surface area contributed by atoms with Gasteiger partial charge >= 0.3 is 6.18 Å². The van der Waals surface area contributed by atoms with E-state index in [4.69, 9.17) is 5.84 Å². The molecule has 1 aliphatic carbocycles. The molecule has 1 saturated carbocycles. The van der Waals surface area contributed by atoms with Gasteiger partial charge in [-0.2, -0.15) is 13.2 Å². The Morgan fingerprint density at radius 1 is 1.42 bits per heavy atom. The minimum Gasteiger partial charge on any atom is -0.271 e. The summed E-state index contributed by atoms with van der Waals surface area (Å²) in [5, 5.41) is 1.96. The monoisotopic (exact) mass is 292 g/mol. The lowest BCUT2D eigenvalue weighted by atomic mass is 9.77. The summed E-state index contributed by atoms with van der Waals surface area (Å²) in [6.07, 6.45) is -2.23. The zero-order valence-electron chi connectivity index (χ0n) is 10.8.